The lowest BCUT2D eigenvalue weighted by Crippen LogP contribution is -2.28. The van der Waals surface area contributed by atoms with Gasteiger partial charge in [0.1, 0.15) is 0 Å². The molecule has 0 saturated carbocycles. The lowest BCUT2D eigenvalue weighted by atomic mass is 10.2. The Hall–Kier alpha value is -1.16. The fourth-order valence-electron chi connectivity index (χ4n) is 0.914. The molecule has 0 spiro atoms. The van der Waals surface area contributed by atoms with Crippen molar-refractivity contribution in [2.75, 3.05) is 6.61 Å². The summed E-state index contributed by atoms with van der Waals surface area (Å²) in [5.74, 6) is -2.23. The number of hydrogen-bond acceptors (Lipinski definition) is 3. The Labute approximate surface area is 76.9 Å². The maximum absolute atomic E-state index is 9.40. The molecule has 13 heavy (non-hydrogen) atoms. The molecule has 0 saturated heterocycles. The summed E-state index contributed by atoms with van der Waals surface area (Å²) in [5.41, 5.74) is 0.303. The molecule has 70 valence electrons. The van der Waals surface area contributed by atoms with Gasteiger partial charge in [-0.1, -0.05) is 36.4 Å². The number of rotatable bonds is 4. The van der Waals surface area contributed by atoms with Gasteiger partial charge in [0.25, 0.3) is 0 Å². The molecule has 0 atom stereocenters. The molecule has 0 amide bonds. The number of ether oxygens (including phenoxy) is 1. The molecule has 0 aliphatic heterocycles. The molecular weight excluding hydrogens is 168 g/mol. The number of hydrogen-bond donors (Lipinski definition) is 2. The topological polar surface area (TPSA) is 49.7 Å². The third-order valence-corrected chi connectivity index (χ3v) is 1.55. The van der Waals surface area contributed by atoms with Crippen LogP contribution >= 0.6 is 0 Å². The third-order valence-electron chi connectivity index (χ3n) is 1.55. The lowest BCUT2D eigenvalue weighted by molar-refractivity contribution is -0.345. The van der Waals surface area contributed by atoms with Crippen molar-refractivity contribution in [3.8, 4) is 0 Å². The minimum Gasteiger partial charge on any atom is -0.340 e. The van der Waals surface area contributed by atoms with E-state index in [1.807, 2.05) is 0 Å². The second-order valence-corrected chi connectivity index (χ2v) is 2.57. The first-order valence-corrected chi connectivity index (χ1v) is 3.92. The average Bonchev–Trinajstić information content (AvgIpc) is 2.16. The fourth-order valence-corrected chi connectivity index (χ4v) is 0.914. The van der Waals surface area contributed by atoms with Crippen LogP contribution in [-0.2, 0) is 10.7 Å². The maximum atomic E-state index is 9.40. The van der Waals surface area contributed by atoms with Crippen LogP contribution in [0.1, 0.15) is 5.56 Å². The van der Waals surface area contributed by atoms with Crippen molar-refractivity contribution in [3.05, 3.63) is 48.6 Å². The van der Waals surface area contributed by atoms with Gasteiger partial charge in [0.15, 0.2) is 0 Å². The fraction of sp³-hybridized carbons (Fsp3) is 0.200. The number of aliphatic hydroxyl groups is 2. The third kappa shape index (κ3) is 2.66. The van der Waals surface area contributed by atoms with Crippen molar-refractivity contribution >= 4 is 0 Å². The predicted octanol–water partition coefficient (Wildman–Crippen LogP) is 0.984. The summed E-state index contributed by atoms with van der Waals surface area (Å²) in [6.07, 6.45) is 1.45. The largest absolute Gasteiger partial charge is 0.340 e. The van der Waals surface area contributed by atoms with E-state index in [2.05, 4.69) is 6.58 Å². The van der Waals surface area contributed by atoms with Crippen molar-refractivity contribution in [3.63, 3.8) is 0 Å². The molecule has 1 aromatic carbocycles. The van der Waals surface area contributed by atoms with E-state index in [0.717, 1.165) is 0 Å². The van der Waals surface area contributed by atoms with E-state index in [4.69, 9.17) is 4.74 Å². The zero-order chi connectivity index (χ0) is 9.73. The Bertz CT molecular complexity index is 267. The quantitative estimate of drug-likeness (QED) is 0.536. The van der Waals surface area contributed by atoms with Gasteiger partial charge in [-0.15, -0.1) is 6.58 Å². The summed E-state index contributed by atoms with van der Waals surface area (Å²) >= 11 is 0. The molecule has 0 aromatic heterocycles. The van der Waals surface area contributed by atoms with Gasteiger partial charge in [0.2, 0.25) is 0 Å². The summed E-state index contributed by atoms with van der Waals surface area (Å²) in [6.45, 7) is 3.50. The van der Waals surface area contributed by atoms with Gasteiger partial charge >= 0.3 is 5.97 Å². The first-order valence-electron chi connectivity index (χ1n) is 3.92. The number of benzene rings is 1. The molecule has 0 aliphatic carbocycles. The van der Waals surface area contributed by atoms with Gasteiger partial charge in [0, 0.05) is 5.56 Å². The van der Waals surface area contributed by atoms with Gasteiger partial charge in [-0.2, -0.15) is 0 Å². The minimum absolute atomic E-state index is 0.0852. The summed E-state index contributed by atoms with van der Waals surface area (Å²) in [4.78, 5) is 0. The van der Waals surface area contributed by atoms with E-state index in [9.17, 15) is 10.2 Å². The van der Waals surface area contributed by atoms with Gasteiger partial charge in [-0.25, -0.2) is 0 Å². The molecule has 3 heteroatoms. The van der Waals surface area contributed by atoms with E-state index >= 15 is 0 Å². The molecule has 2 N–H and O–H groups in total. The summed E-state index contributed by atoms with van der Waals surface area (Å²) in [6, 6.07) is 8.33. The van der Waals surface area contributed by atoms with Crippen LogP contribution in [0.15, 0.2) is 43.0 Å². The normalized spacial score (nSPS) is 11.2. The Kier molecular flexibility index (Phi) is 3.19. The van der Waals surface area contributed by atoms with Crippen LogP contribution in [0.5, 0.6) is 0 Å². The van der Waals surface area contributed by atoms with Crippen LogP contribution in [0, 0.1) is 0 Å². The van der Waals surface area contributed by atoms with E-state index in [0.29, 0.717) is 5.56 Å². The molecule has 0 fully saturated rings. The van der Waals surface area contributed by atoms with Gasteiger partial charge in [-0.05, 0) is 0 Å². The average molecular weight is 180 g/mol. The molecule has 0 radical (unpaired) electrons. The zero-order valence-corrected chi connectivity index (χ0v) is 7.18. The standard InChI is InChI=1S/C10H12O3/c1-2-8-13-10(11,12)9-6-4-3-5-7-9/h2-7,11-12H,1,8H2. The molecule has 0 unspecified atom stereocenters. The SMILES string of the molecule is C=CCOC(O)(O)c1ccccc1. The molecule has 0 bridgehead atoms. The lowest BCUT2D eigenvalue weighted by Gasteiger charge is -2.20. The Morgan fingerprint density at radius 3 is 2.46 bits per heavy atom. The van der Waals surface area contributed by atoms with Crippen LogP contribution in [0.4, 0.5) is 0 Å². The van der Waals surface area contributed by atoms with Gasteiger partial charge in [-0.3, -0.25) is 0 Å². The summed E-state index contributed by atoms with van der Waals surface area (Å²) in [5, 5.41) is 18.8. The maximum Gasteiger partial charge on any atom is 0.307 e. The Morgan fingerprint density at radius 2 is 1.92 bits per heavy atom. The van der Waals surface area contributed by atoms with Crippen molar-refractivity contribution in [1.82, 2.24) is 0 Å². The van der Waals surface area contributed by atoms with Crippen LogP contribution in [0.25, 0.3) is 0 Å². The van der Waals surface area contributed by atoms with Crippen LogP contribution in [-0.4, -0.2) is 16.8 Å². The van der Waals surface area contributed by atoms with Crippen molar-refractivity contribution in [2.45, 2.75) is 5.97 Å². The van der Waals surface area contributed by atoms with E-state index in [1.165, 1.54) is 6.08 Å². The zero-order valence-electron chi connectivity index (χ0n) is 7.18. The van der Waals surface area contributed by atoms with E-state index in [1.54, 1.807) is 30.3 Å². The first-order chi connectivity index (χ1) is 6.17. The molecule has 1 rings (SSSR count). The molecule has 1 aromatic rings. The first kappa shape index (κ1) is 9.92. The predicted molar refractivity (Wildman–Crippen MR) is 48.7 cm³/mol. The highest BCUT2D eigenvalue weighted by Gasteiger charge is 2.25. The van der Waals surface area contributed by atoms with Crippen LogP contribution < -0.4 is 0 Å². The Morgan fingerprint density at radius 1 is 1.31 bits per heavy atom. The highest BCUT2D eigenvalue weighted by Crippen LogP contribution is 2.18. The highest BCUT2D eigenvalue weighted by atomic mass is 16.8. The van der Waals surface area contributed by atoms with Gasteiger partial charge < -0.3 is 14.9 Å². The van der Waals surface area contributed by atoms with Crippen molar-refractivity contribution < 1.29 is 14.9 Å². The molecule has 3 nitrogen and oxygen atoms in total. The monoisotopic (exact) mass is 180 g/mol. The Balaban J connectivity index is 2.74. The van der Waals surface area contributed by atoms with E-state index < -0.39 is 5.97 Å². The van der Waals surface area contributed by atoms with Crippen LogP contribution in [0.2, 0.25) is 0 Å². The summed E-state index contributed by atoms with van der Waals surface area (Å²) in [7, 11) is 0. The summed E-state index contributed by atoms with van der Waals surface area (Å²) < 4.78 is 4.76. The highest BCUT2D eigenvalue weighted by molar-refractivity contribution is 5.17. The second kappa shape index (κ2) is 4.18. The van der Waals surface area contributed by atoms with Crippen molar-refractivity contribution in [1.29, 1.82) is 0 Å². The van der Waals surface area contributed by atoms with Crippen LogP contribution in [0.3, 0.4) is 0 Å². The second-order valence-electron chi connectivity index (χ2n) is 2.57. The van der Waals surface area contributed by atoms with Gasteiger partial charge in [0.05, 0.1) is 6.61 Å². The smallest absolute Gasteiger partial charge is 0.307 e. The van der Waals surface area contributed by atoms with Crippen molar-refractivity contribution in [2.24, 2.45) is 0 Å². The molecular formula is C10H12O3. The molecule has 0 heterocycles. The molecule has 0 aliphatic rings. The van der Waals surface area contributed by atoms with E-state index in [-0.39, 0.29) is 6.61 Å². The minimum atomic E-state index is -2.23.